The molecule has 24 N–H and O–H groups in total. The van der Waals surface area contributed by atoms with Gasteiger partial charge >= 0.3 is 6.18 Å². The van der Waals surface area contributed by atoms with Crippen molar-refractivity contribution in [2.75, 3.05) is 32.8 Å². The smallest absolute Gasteiger partial charge is 0.394 e. The summed E-state index contributed by atoms with van der Waals surface area (Å²) in [6, 6.07) is -1.44. The molecule has 2 fully saturated rings. The van der Waals surface area contributed by atoms with E-state index in [2.05, 4.69) is 90.4 Å². The number of nitrogens with zero attached hydrogens (tertiary/aromatic N) is 2. The van der Waals surface area contributed by atoms with E-state index < -0.39 is 309 Å². The molecule has 0 unspecified atom stereocenters. The lowest BCUT2D eigenvalue weighted by molar-refractivity contribution is -0.146. The Morgan fingerprint density at radius 3 is 1.31 bits per heavy atom. The lowest BCUT2D eigenvalue weighted by atomic mass is 9.82. The van der Waals surface area contributed by atoms with Crippen LogP contribution in [0, 0.1) is 29.1 Å². The molecule has 0 bridgehead atoms. The van der Waals surface area contributed by atoms with Crippen LogP contribution in [0.1, 0.15) is 252 Å². The summed E-state index contributed by atoms with van der Waals surface area (Å²) in [4.78, 5) is 317. The monoisotopic (exact) mass is 2080 g/mol. The molecule has 4 rings (SSSR count). The van der Waals surface area contributed by atoms with Gasteiger partial charge in [0.1, 0.15) is 98.6 Å². The highest BCUT2D eigenvalue weighted by atomic mass is 19.4. The Labute approximate surface area is 853 Å². The number of aliphatic hydroxyl groups excluding tert-OH is 1. The molecule has 818 valence electrons. The highest BCUT2D eigenvalue weighted by molar-refractivity contribution is 6.14. The number of nitrogens with one attached hydrogen (secondary N) is 17. The van der Waals surface area contributed by atoms with Gasteiger partial charge in [-0.25, -0.2) is 0 Å². The van der Waals surface area contributed by atoms with Gasteiger partial charge in [0, 0.05) is 44.5 Å². The van der Waals surface area contributed by atoms with Gasteiger partial charge in [0.25, 0.3) is 0 Å². The van der Waals surface area contributed by atoms with Crippen LogP contribution in [0.25, 0.3) is 0 Å². The second-order valence-electron chi connectivity index (χ2n) is 42.7. The Hall–Kier alpha value is -13.8. The van der Waals surface area contributed by atoms with Crippen LogP contribution in [0.15, 0.2) is 54.6 Å². The number of carbonyl (C=O) groups excluding carboxylic acids is 23. The van der Waals surface area contributed by atoms with E-state index in [1.54, 1.807) is 71.9 Å². The van der Waals surface area contributed by atoms with Crippen molar-refractivity contribution in [3.05, 3.63) is 71.3 Å². The van der Waals surface area contributed by atoms with Crippen LogP contribution in [0.5, 0.6) is 0 Å². The molecular weight excluding hydrogens is 1930 g/mol. The summed E-state index contributed by atoms with van der Waals surface area (Å²) in [7, 11) is 0. The fourth-order valence-corrected chi connectivity index (χ4v) is 15.5. The van der Waals surface area contributed by atoms with Crippen LogP contribution >= 0.6 is 0 Å². The molecule has 49 heteroatoms. The molecule has 0 aromatic heterocycles. The van der Waals surface area contributed by atoms with Crippen molar-refractivity contribution in [3.8, 4) is 0 Å². The number of benzene rings is 2. The minimum Gasteiger partial charge on any atom is -0.394 e. The molecule has 11 atom stereocenters. The van der Waals surface area contributed by atoms with Crippen LogP contribution in [0.3, 0.4) is 0 Å². The molecule has 22 amide bonds. The predicted octanol–water partition coefficient (Wildman–Crippen LogP) is -2.07. The average molecular weight is 2080 g/mol. The van der Waals surface area contributed by atoms with E-state index >= 15 is 0 Å². The third kappa shape index (κ3) is 37.6. The number of nitrogens with two attached hydrogens (primary N) is 3. The fourth-order valence-electron chi connectivity index (χ4n) is 15.5. The topological polar surface area (TPSA) is 702 Å². The molecule has 0 saturated carbocycles. The van der Waals surface area contributed by atoms with E-state index in [1.807, 2.05) is 0 Å². The number of primary amides is 3. The first-order valence-corrected chi connectivity index (χ1v) is 48.6. The van der Waals surface area contributed by atoms with Crippen LogP contribution < -0.4 is 108 Å². The Balaban J connectivity index is 1.33. The highest BCUT2D eigenvalue weighted by Crippen LogP contribution is 2.34. The number of likely N-dealkylation sites (tertiary alicyclic amines) is 2. The number of alkyl halides is 3. The molecule has 2 heterocycles. The molecular formula is C98H151F3N22O24. The zero-order valence-electron chi connectivity index (χ0n) is 88.2. The zero-order chi connectivity index (χ0) is 112. The molecule has 2 aromatic rings. The lowest BCUT2D eigenvalue weighted by Gasteiger charge is -2.36. The van der Waals surface area contributed by atoms with Crippen LogP contribution in [-0.2, 0) is 118 Å². The number of hydrogen-bond donors (Lipinski definition) is 21. The van der Waals surface area contributed by atoms with Gasteiger partial charge in [-0.2, -0.15) is 13.2 Å². The summed E-state index contributed by atoms with van der Waals surface area (Å²) >= 11 is 0. The molecule has 2 aromatic carbocycles. The summed E-state index contributed by atoms with van der Waals surface area (Å²) in [6.45, 7) is 31.6. The summed E-state index contributed by atoms with van der Waals surface area (Å²) in [5.41, 5.74) is 1.33. The number of Topliss-reactive ketones (excluding diaryl/α,β-unsaturated/α-hetero) is 1. The Morgan fingerprint density at radius 1 is 0.401 bits per heavy atom. The SMILES string of the molecule is CC(C)C[C@H](NC(=O)CNC(=O)C(C)(C)NC(=O)[C@@H](NC(=O)C(C)(C)NC(=O)[C@H](CCC(N)=O)NC(=O)[C@H](C)NC(=O)C(C)(C)NC(=O)[C@H](C)NC(=O)C(C)(C)NC(=O)[C@@H]1CCN(C(=O)C(C)(C)C(=O)c2ccc(C(F)(F)F)cc2)C1)C(C)C)C(=O)NC(C)(C)C(=O)N1CCC[C@@H]1C(=O)N[C@H](C(=O)NC(C)(C)C(=O)NC(C)(C)C(=O)N[C@@H](CCC(N)=O)C(=O)N[C@@H](CCC(N)=O)C(=O)N[C@H](CO)Cc1ccccc1)C(C)C. The first-order valence-electron chi connectivity index (χ1n) is 48.6. The first-order chi connectivity index (χ1) is 67.4. The van der Waals surface area contributed by atoms with Crippen molar-refractivity contribution >= 4 is 136 Å². The molecule has 0 spiro atoms. The van der Waals surface area contributed by atoms with E-state index in [0.717, 1.165) is 29.8 Å². The van der Waals surface area contributed by atoms with Gasteiger partial charge in [0.15, 0.2) is 5.78 Å². The Kier molecular flexibility index (Phi) is 44.8. The second-order valence-corrected chi connectivity index (χ2v) is 42.7. The van der Waals surface area contributed by atoms with Crippen molar-refractivity contribution in [3.63, 3.8) is 0 Å². The standard InChI is InChI=1S/C98H151F3N22O24/c1-50(2)45-63(78(136)118-97(23,24)89(147)123-43-28-31-64(123)79(137)113-69(51(3)4)80(138)120-96(21,22)87(145)121-95(19,20)85(143)112-61(37-40-66(103)126)76(134)111-60(36-39-65(102)125)75(133)108-59(49-124)46-55-29-26-25-27-30-55)109-68(128)47-105-82(140)91(11,12)119-81(139)70(52(5)6)114-86(144)94(17,18)117-77(135)62(38-41-67(104)127)110-72(130)53(7)106-83(141)92(13,14)115-73(131)54(8)107-84(142)93(15,16)116-74(132)57-42-44-122(48-57)88(146)90(9,10)71(129)56-32-34-58(35-33-56)98(99,100)101/h25-27,29-30,32-35,50-54,57,59-64,69-70,124H,28,31,36-49H2,1-24H3,(H2,102,125)(H2,103,126)(H2,104,127)(H,105,140)(H,106,141)(H,107,142)(H,108,133)(H,109,128)(H,110,130)(H,111,134)(H,112,143)(H,113,137)(H,114,144)(H,115,131)(H,116,132)(H,117,135)(H,118,136)(H,119,139)(H,120,138)(H,121,145)/t53-,54-,57+,59-,60-,61-,62-,63-,64+,69-,70-/m0/s1. The first kappa shape index (κ1) is 125. The van der Waals surface area contributed by atoms with E-state index in [1.165, 1.54) is 134 Å². The number of carbonyl (C=O) groups is 23. The molecule has 0 radical (unpaired) electrons. The third-order valence-corrected chi connectivity index (χ3v) is 24.8. The Morgan fingerprint density at radius 2 is 0.816 bits per heavy atom. The van der Waals surface area contributed by atoms with Crippen molar-refractivity contribution < 1.29 is 129 Å². The summed E-state index contributed by atoms with van der Waals surface area (Å²) < 4.78 is 39.6. The van der Waals surface area contributed by atoms with E-state index in [9.17, 15) is 129 Å². The van der Waals surface area contributed by atoms with Gasteiger partial charge in [-0.15, -0.1) is 0 Å². The van der Waals surface area contributed by atoms with Crippen LogP contribution in [-0.4, -0.2) is 283 Å². The van der Waals surface area contributed by atoms with Gasteiger partial charge in [0.05, 0.1) is 30.7 Å². The number of amides is 22. The number of halogens is 3. The molecule has 2 aliphatic heterocycles. The maximum absolute atomic E-state index is 14.6. The van der Waals surface area contributed by atoms with Crippen molar-refractivity contribution in [1.82, 2.24) is 100 Å². The highest BCUT2D eigenvalue weighted by Gasteiger charge is 2.50. The molecule has 0 aliphatic carbocycles. The minimum atomic E-state index is -4.66. The minimum absolute atomic E-state index is 0.00329. The van der Waals surface area contributed by atoms with E-state index in [-0.39, 0.29) is 69.6 Å². The molecule has 46 nitrogen and oxygen atoms in total. The summed E-state index contributed by atoms with van der Waals surface area (Å²) in [5, 5.41) is 53.2. The molecule has 147 heavy (non-hydrogen) atoms. The molecule has 2 aliphatic rings. The fraction of sp³-hybridized carbons (Fsp3) is 0.643. The van der Waals surface area contributed by atoms with E-state index in [4.69, 9.17) is 17.2 Å². The van der Waals surface area contributed by atoms with Crippen molar-refractivity contribution in [2.45, 2.75) is 342 Å². The van der Waals surface area contributed by atoms with Crippen LogP contribution in [0.4, 0.5) is 13.2 Å². The van der Waals surface area contributed by atoms with Crippen LogP contribution in [0.2, 0.25) is 0 Å². The van der Waals surface area contributed by atoms with Gasteiger partial charge in [-0.1, -0.05) is 84.0 Å². The van der Waals surface area contributed by atoms with Gasteiger partial charge < -0.3 is 122 Å². The largest absolute Gasteiger partial charge is 0.416 e. The van der Waals surface area contributed by atoms with Gasteiger partial charge in [-0.3, -0.25) is 110 Å². The maximum atomic E-state index is 14.6. The quantitative estimate of drug-likeness (QED) is 0.0250. The Bertz CT molecular complexity index is 5190. The second kappa shape index (κ2) is 52.5. The maximum Gasteiger partial charge on any atom is 0.416 e. The number of ketones is 1. The zero-order valence-corrected chi connectivity index (χ0v) is 88.2. The normalized spacial score (nSPS) is 16.1. The number of aliphatic hydroxyl groups is 1. The third-order valence-electron chi connectivity index (χ3n) is 24.8. The molecule has 2 saturated heterocycles. The summed E-state index contributed by atoms with van der Waals surface area (Å²) in [6.07, 6.45) is -6.42. The van der Waals surface area contributed by atoms with Gasteiger partial charge in [0.2, 0.25) is 130 Å². The number of rotatable bonds is 54. The summed E-state index contributed by atoms with van der Waals surface area (Å²) in [5.74, 6) is -22.7. The van der Waals surface area contributed by atoms with Gasteiger partial charge in [-0.05, 0) is 211 Å². The average Bonchev–Trinajstić information content (AvgIpc) is 1.63. The van der Waals surface area contributed by atoms with Crippen molar-refractivity contribution in [2.24, 2.45) is 46.3 Å². The number of hydrogen-bond acceptors (Lipinski definition) is 24. The van der Waals surface area contributed by atoms with E-state index in [0.29, 0.717) is 6.42 Å². The lowest BCUT2D eigenvalue weighted by Crippen LogP contribution is -2.66. The van der Waals surface area contributed by atoms with Crippen molar-refractivity contribution in [1.29, 1.82) is 0 Å². The predicted molar refractivity (Wildman–Crippen MR) is 528 cm³/mol.